The van der Waals surface area contributed by atoms with Crippen LogP contribution in [0.4, 0.5) is 5.82 Å². The molecule has 1 spiro atoms. The maximum atomic E-state index is 6.32. The van der Waals surface area contributed by atoms with Gasteiger partial charge in [-0.2, -0.15) is 5.10 Å². The Balaban J connectivity index is 1.50. The minimum atomic E-state index is 0.231. The maximum absolute atomic E-state index is 6.32. The number of hydrogen-bond donors (Lipinski definition) is 1. The van der Waals surface area contributed by atoms with Gasteiger partial charge in [-0.3, -0.25) is 4.68 Å². The smallest absolute Gasteiger partial charge is 0.148 e. The Bertz CT molecular complexity index is 395. The average Bonchev–Trinajstić information content (AvgIpc) is 2.96. The number of anilines is 1. The number of nitrogens with zero attached hydrogens (tertiary/aromatic N) is 2. The summed E-state index contributed by atoms with van der Waals surface area (Å²) in [7, 11) is 1.94. The van der Waals surface area contributed by atoms with Crippen LogP contribution in [-0.2, 0) is 11.8 Å². The summed E-state index contributed by atoms with van der Waals surface area (Å²) in [4.78, 5) is 0. The van der Waals surface area contributed by atoms with E-state index in [1.165, 1.54) is 44.9 Å². The van der Waals surface area contributed by atoms with E-state index in [-0.39, 0.29) is 5.60 Å². The second kappa shape index (κ2) is 4.92. The highest BCUT2D eigenvalue weighted by Crippen LogP contribution is 2.41. The van der Waals surface area contributed by atoms with Crippen LogP contribution in [0.1, 0.15) is 44.9 Å². The first-order valence-corrected chi connectivity index (χ1v) is 7.17. The van der Waals surface area contributed by atoms with Crippen LogP contribution in [0.2, 0.25) is 0 Å². The highest BCUT2D eigenvalue weighted by molar-refractivity contribution is 5.32. The summed E-state index contributed by atoms with van der Waals surface area (Å²) in [5.74, 6) is 0.950. The van der Waals surface area contributed by atoms with E-state index in [0.29, 0.717) is 6.10 Å². The van der Waals surface area contributed by atoms with Crippen molar-refractivity contribution in [1.29, 1.82) is 0 Å². The lowest BCUT2D eigenvalue weighted by Crippen LogP contribution is -2.33. The van der Waals surface area contributed by atoms with Gasteiger partial charge in [0.25, 0.3) is 0 Å². The summed E-state index contributed by atoms with van der Waals surface area (Å²) < 4.78 is 8.14. The number of hydrogen-bond acceptors (Lipinski definition) is 3. The normalized spacial score (nSPS) is 26.6. The number of aryl methyl sites for hydroxylation is 1. The zero-order valence-electron chi connectivity index (χ0n) is 11.2. The van der Waals surface area contributed by atoms with Gasteiger partial charge in [0, 0.05) is 25.9 Å². The molecular formula is C14H23N3O. The van der Waals surface area contributed by atoms with Gasteiger partial charge < -0.3 is 10.1 Å². The van der Waals surface area contributed by atoms with E-state index in [4.69, 9.17) is 4.74 Å². The lowest BCUT2D eigenvalue weighted by atomic mass is 9.83. The number of aromatic nitrogens is 2. The molecule has 1 saturated carbocycles. The summed E-state index contributed by atoms with van der Waals surface area (Å²) in [6.07, 6.45) is 11.4. The van der Waals surface area contributed by atoms with Crippen LogP contribution in [0, 0.1) is 0 Å². The van der Waals surface area contributed by atoms with Gasteiger partial charge in [-0.1, -0.05) is 19.3 Å². The average molecular weight is 249 g/mol. The van der Waals surface area contributed by atoms with Crippen molar-refractivity contribution >= 4 is 5.82 Å². The van der Waals surface area contributed by atoms with Gasteiger partial charge in [-0.15, -0.1) is 0 Å². The molecule has 100 valence electrons. The van der Waals surface area contributed by atoms with Crippen LogP contribution in [0.25, 0.3) is 0 Å². The summed E-state index contributed by atoms with van der Waals surface area (Å²) >= 11 is 0. The van der Waals surface area contributed by atoms with Gasteiger partial charge in [-0.25, -0.2) is 0 Å². The quantitative estimate of drug-likeness (QED) is 0.895. The molecule has 2 fully saturated rings. The Morgan fingerprint density at radius 1 is 1.39 bits per heavy atom. The highest BCUT2D eigenvalue weighted by atomic mass is 16.5. The molecule has 2 aliphatic rings. The van der Waals surface area contributed by atoms with Crippen LogP contribution in [0.3, 0.4) is 0 Å². The Morgan fingerprint density at radius 2 is 2.22 bits per heavy atom. The second-order valence-electron chi connectivity index (χ2n) is 5.78. The Hall–Kier alpha value is -1.03. The van der Waals surface area contributed by atoms with Crippen LogP contribution in [0.15, 0.2) is 12.3 Å². The van der Waals surface area contributed by atoms with Crippen molar-refractivity contribution < 1.29 is 4.74 Å². The number of rotatable bonds is 3. The predicted molar refractivity (Wildman–Crippen MR) is 71.6 cm³/mol. The van der Waals surface area contributed by atoms with E-state index in [1.54, 1.807) is 0 Å². The molecule has 1 aliphatic carbocycles. The lowest BCUT2D eigenvalue weighted by molar-refractivity contribution is -0.0588. The van der Waals surface area contributed by atoms with Crippen molar-refractivity contribution in [3.05, 3.63) is 12.3 Å². The van der Waals surface area contributed by atoms with E-state index < -0.39 is 0 Å². The fourth-order valence-electron chi connectivity index (χ4n) is 3.33. The third kappa shape index (κ3) is 2.53. The summed E-state index contributed by atoms with van der Waals surface area (Å²) in [5.41, 5.74) is 0.231. The largest absolute Gasteiger partial charge is 0.370 e. The summed E-state index contributed by atoms with van der Waals surface area (Å²) in [6.45, 7) is 0.888. The lowest BCUT2D eigenvalue weighted by Gasteiger charge is -2.33. The molecule has 1 aliphatic heterocycles. The minimum absolute atomic E-state index is 0.231. The third-order valence-electron chi connectivity index (χ3n) is 4.33. The van der Waals surface area contributed by atoms with Gasteiger partial charge in [0.2, 0.25) is 0 Å². The molecule has 1 N–H and O–H groups in total. The van der Waals surface area contributed by atoms with Gasteiger partial charge in [-0.05, 0) is 25.7 Å². The van der Waals surface area contributed by atoms with Gasteiger partial charge in [0.1, 0.15) is 5.82 Å². The molecule has 4 nitrogen and oxygen atoms in total. The predicted octanol–water partition coefficient (Wildman–Crippen LogP) is 2.71. The van der Waals surface area contributed by atoms with Crippen molar-refractivity contribution in [2.45, 2.75) is 56.7 Å². The van der Waals surface area contributed by atoms with Crippen LogP contribution >= 0.6 is 0 Å². The van der Waals surface area contributed by atoms with Gasteiger partial charge in [0.15, 0.2) is 0 Å². The molecule has 1 unspecified atom stereocenters. The molecule has 1 saturated heterocycles. The minimum Gasteiger partial charge on any atom is -0.370 e. The molecule has 4 heteroatoms. The standard InChI is InChI=1S/C14H23N3O/c1-17-10-6-13(16-17)15-11-12-5-9-14(18-12)7-3-2-4-8-14/h6,10,12H,2-5,7-9,11H2,1H3,(H,15,16). The van der Waals surface area contributed by atoms with Crippen molar-refractivity contribution in [2.24, 2.45) is 7.05 Å². The fraction of sp³-hybridized carbons (Fsp3) is 0.786. The van der Waals surface area contributed by atoms with Crippen LogP contribution in [-0.4, -0.2) is 28.0 Å². The Labute approximate surface area is 109 Å². The first-order chi connectivity index (χ1) is 8.76. The third-order valence-corrected chi connectivity index (χ3v) is 4.33. The number of nitrogens with one attached hydrogen (secondary N) is 1. The fourth-order valence-corrected chi connectivity index (χ4v) is 3.33. The van der Waals surface area contributed by atoms with Crippen LogP contribution < -0.4 is 5.32 Å². The molecule has 2 heterocycles. The molecule has 1 aromatic heterocycles. The molecule has 0 amide bonds. The van der Waals surface area contributed by atoms with Crippen molar-refractivity contribution in [2.75, 3.05) is 11.9 Å². The summed E-state index contributed by atoms with van der Waals surface area (Å²) in [5, 5.41) is 7.70. The van der Waals surface area contributed by atoms with E-state index >= 15 is 0 Å². The van der Waals surface area contributed by atoms with E-state index in [1.807, 2.05) is 24.0 Å². The van der Waals surface area contributed by atoms with E-state index in [9.17, 15) is 0 Å². The highest BCUT2D eigenvalue weighted by Gasteiger charge is 2.40. The molecule has 0 aromatic carbocycles. The monoisotopic (exact) mass is 249 g/mol. The van der Waals surface area contributed by atoms with Crippen molar-refractivity contribution in [3.8, 4) is 0 Å². The molecule has 3 rings (SSSR count). The summed E-state index contributed by atoms with van der Waals surface area (Å²) in [6, 6.07) is 2.01. The van der Waals surface area contributed by atoms with Crippen LogP contribution in [0.5, 0.6) is 0 Å². The SMILES string of the molecule is Cn1ccc(NCC2CCC3(CCCCC3)O2)n1. The zero-order chi connectivity index (χ0) is 12.4. The molecule has 1 aromatic rings. The maximum Gasteiger partial charge on any atom is 0.148 e. The molecule has 1 atom stereocenters. The van der Waals surface area contributed by atoms with E-state index in [0.717, 1.165) is 12.4 Å². The van der Waals surface area contributed by atoms with Gasteiger partial charge in [0.05, 0.1) is 11.7 Å². The molecule has 18 heavy (non-hydrogen) atoms. The molecular weight excluding hydrogens is 226 g/mol. The topological polar surface area (TPSA) is 39.1 Å². The van der Waals surface area contributed by atoms with E-state index in [2.05, 4.69) is 10.4 Å². The molecule has 0 bridgehead atoms. The Kier molecular flexibility index (Phi) is 3.29. The number of ether oxygens (including phenoxy) is 1. The van der Waals surface area contributed by atoms with Crippen molar-refractivity contribution in [3.63, 3.8) is 0 Å². The Morgan fingerprint density at radius 3 is 2.94 bits per heavy atom. The van der Waals surface area contributed by atoms with Crippen molar-refractivity contribution in [1.82, 2.24) is 9.78 Å². The second-order valence-corrected chi connectivity index (χ2v) is 5.78. The first kappa shape index (κ1) is 12.0. The molecule has 0 radical (unpaired) electrons. The zero-order valence-corrected chi connectivity index (χ0v) is 11.2. The first-order valence-electron chi connectivity index (χ1n) is 7.17. The van der Waals surface area contributed by atoms with Gasteiger partial charge >= 0.3 is 0 Å².